The molecule has 1 aliphatic carbocycles. The van der Waals surface area contributed by atoms with Crippen LogP contribution in [0.2, 0.25) is 0 Å². The van der Waals surface area contributed by atoms with E-state index in [1.807, 2.05) is 6.92 Å². The molecular weight excluding hydrogens is 512 g/mol. The Morgan fingerprint density at radius 3 is 2.35 bits per heavy atom. The monoisotopic (exact) mass is 547 g/mol. The molecule has 1 aromatic rings. The van der Waals surface area contributed by atoms with Gasteiger partial charge in [-0.3, -0.25) is 14.6 Å². The zero-order valence-corrected chi connectivity index (χ0v) is 21.2. The lowest BCUT2D eigenvalue weighted by Crippen LogP contribution is -2.44. The van der Waals surface area contributed by atoms with E-state index < -0.39 is 11.2 Å². The van der Waals surface area contributed by atoms with E-state index in [-0.39, 0.29) is 35.8 Å². The molecular formula is C22H35FIN5O2. The van der Waals surface area contributed by atoms with E-state index in [1.165, 1.54) is 6.07 Å². The number of rotatable bonds is 8. The molecule has 0 radical (unpaired) electrons. The molecule has 0 bridgehead atoms. The Bertz CT molecular complexity index is 779. The number of nitrogens with one attached hydrogen (secondary N) is 3. The zero-order valence-electron chi connectivity index (χ0n) is 18.9. The summed E-state index contributed by atoms with van der Waals surface area (Å²) >= 11 is 0. The first-order valence-corrected chi connectivity index (χ1v) is 10.6. The van der Waals surface area contributed by atoms with Gasteiger partial charge in [0.1, 0.15) is 5.82 Å². The first kappa shape index (κ1) is 27.1. The number of carbonyl (C=O) groups is 2. The number of halogens is 2. The lowest BCUT2D eigenvalue weighted by molar-refractivity contribution is -0.138. The van der Waals surface area contributed by atoms with Gasteiger partial charge >= 0.3 is 0 Å². The predicted molar refractivity (Wildman–Crippen MR) is 132 cm³/mol. The Hall–Kier alpha value is -1.91. The maximum Gasteiger partial charge on any atom is 0.251 e. The lowest BCUT2D eigenvalue weighted by Gasteiger charge is -2.29. The van der Waals surface area contributed by atoms with Crippen LogP contribution in [0.15, 0.2) is 23.2 Å². The fraction of sp³-hybridized carbons (Fsp3) is 0.591. The van der Waals surface area contributed by atoms with Gasteiger partial charge in [-0.15, -0.1) is 24.0 Å². The van der Waals surface area contributed by atoms with Crippen molar-refractivity contribution in [2.75, 3.05) is 40.3 Å². The molecule has 1 aromatic carbocycles. The Kier molecular flexibility index (Phi) is 11.2. The first-order valence-electron chi connectivity index (χ1n) is 10.6. The minimum absolute atomic E-state index is 0. The van der Waals surface area contributed by atoms with Crippen LogP contribution in [0.3, 0.4) is 0 Å². The standard InChI is InChI=1S/C22H34FN5O2.HI/c1-5-24-21(27-15-22(10-6-7-11-22)20(30)28(3)4)26-13-12-25-19(29)17-9-8-16(2)18(23)14-17;/h8-9,14H,5-7,10-13,15H2,1-4H3,(H,25,29)(H2,24,26,27);1H. The summed E-state index contributed by atoms with van der Waals surface area (Å²) in [6, 6.07) is 4.44. The largest absolute Gasteiger partial charge is 0.357 e. The van der Waals surface area contributed by atoms with E-state index in [0.717, 1.165) is 25.7 Å². The molecule has 1 saturated carbocycles. The molecule has 0 spiro atoms. The smallest absolute Gasteiger partial charge is 0.251 e. The third-order valence-corrected chi connectivity index (χ3v) is 5.44. The zero-order chi connectivity index (χ0) is 22.1. The summed E-state index contributed by atoms with van der Waals surface area (Å²) in [6.45, 7) is 5.58. The van der Waals surface area contributed by atoms with Gasteiger partial charge in [-0.2, -0.15) is 0 Å². The molecule has 0 atom stereocenters. The predicted octanol–water partition coefficient (Wildman–Crippen LogP) is 2.69. The SMILES string of the molecule is CCNC(=NCC1(C(=O)N(C)C)CCCC1)NCCNC(=O)c1ccc(C)c(F)c1.I. The Morgan fingerprint density at radius 2 is 1.77 bits per heavy atom. The molecule has 0 unspecified atom stereocenters. The number of hydrogen-bond donors (Lipinski definition) is 3. The van der Waals surface area contributed by atoms with Crippen molar-refractivity contribution < 1.29 is 14.0 Å². The summed E-state index contributed by atoms with van der Waals surface area (Å²) in [5, 5.41) is 9.13. The highest BCUT2D eigenvalue weighted by Gasteiger charge is 2.42. The Balaban J connectivity index is 0.00000480. The van der Waals surface area contributed by atoms with E-state index in [0.29, 0.717) is 43.3 Å². The molecule has 174 valence electrons. The quantitative estimate of drug-likeness (QED) is 0.202. The molecule has 31 heavy (non-hydrogen) atoms. The Labute approximate surface area is 201 Å². The highest BCUT2D eigenvalue weighted by Crippen LogP contribution is 2.39. The number of aliphatic imine (C=N–C) groups is 1. The van der Waals surface area contributed by atoms with Gasteiger partial charge in [0.25, 0.3) is 5.91 Å². The minimum atomic E-state index is -0.421. The number of hydrogen-bond acceptors (Lipinski definition) is 3. The second-order valence-electron chi connectivity index (χ2n) is 8.03. The molecule has 2 amide bonds. The van der Waals surface area contributed by atoms with Crippen molar-refractivity contribution >= 4 is 41.8 Å². The lowest BCUT2D eigenvalue weighted by atomic mass is 9.85. The van der Waals surface area contributed by atoms with Crippen LogP contribution in [0.5, 0.6) is 0 Å². The summed E-state index contributed by atoms with van der Waals surface area (Å²) in [6.07, 6.45) is 3.81. The van der Waals surface area contributed by atoms with Crippen LogP contribution in [0.1, 0.15) is 48.5 Å². The van der Waals surface area contributed by atoms with Crippen molar-refractivity contribution in [1.29, 1.82) is 0 Å². The fourth-order valence-electron chi connectivity index (χ4n) is 3.73. The van der Waals surface area contributed by atoms with Crippen molar-refractivity contribution in [1.82, 2.24) is 20.9 Å². The van der Waals surface area contributed by atoms with Crippen molar-refractivity contribution in [2.45, 2.75) is 39.5 Å². The summed E-state index contributed by atoms with van der Waals surface area (Å²) in [5.74, 6) is 0.0396. The van der Waals surface area contributed by atoms with E-state index in [2.05, 4.69) is 20.9 Å². The van der Waals surface area contributed by atoms with Crippen molar-refractivity contribution in [2.24, 2.45) is 10.4 Å². The second-order valence-corrected chi connectivity index (χ2v) is 8.03. The van der Waals surface area contributed by atoms with E-state index in [4.69, 9.17) is 0 Å². The molecule has 0 saturated heterocycles. The molecule has 2 rings (SSSR count). The normalized spacial score (nSPS) is 15.1. The number of aryl methyl sites for hydroxylation is 1. The molecule has 3 N–H and O–H groups in total. The van der Waals surface area contributed by atoms with Gasteiger partial charge < -0.3 is 20.9 Å². The van der Waals surface area contributed by atoms with Gasteiger partial charge in [0, 0.05) is 39.3 Å². The molecule has 9 heteroatoms. The topological polar surface area (TPSA) is 85.8 Å². The number of carbonyl (C=O) groups excluding carboxylic acids is 2. The second kappa shape index (κ2) is 12.8. The summed E-state index contributed by atoms with van der Waals surface area (Å²) < 4.78 is 13.6. The van der Waals surface area contributed by atoms with Crippen LogP contribution in [0.4, 0.5) is 4.39 Å². The maximum absolute atomic E-state index is 13.6. The third-order valence-electron chi connectivity index (χ3n) is 5.44. The van der Waals surface area contributed by atoms with Crippen LogP contribution >= 0.6 is 24.0 Å². The van der Waals surface area contributed by atoms with Crippen LogP contribution in [-0.4, -0.2) is 62.9 Å². The average Bonchev–Trinajstić information content (AvgIpc) is 3.20. The number of nitrogens with zero attached hydrogens (tertiary/aromatic N) is 2. The van der Waals surface area contributed by atoms with Gasteiger partial charge in [-0.25, -0.2) is 4.39 Å². The van der Waals surface area contributed by atoms with Gasteiger partial charge in [-0.05, 0) is 44.4 Å². The molecule has 7 nitrogen and oxygen atoms in total. The molecule has 0 heterocycles. The minimum Gasteiger partial charge on any atom is -0.357 e. The van der Waals surface area contributed by atoms with Crippen molar-refractivity contribution in [3.8, 4) is 0 Å². The highest BCUT2D eigenvalue weighted by atomic mass is 127. The third kappa shape index (κ3) is 7.62. The van der Waals surface area contributed by atoms with Gasteiger partial charge in [0.15, 0.2) is 5.96 Å². The summed E-state index contributed by atoms with van der Waals surface area (Å²) in [5.41, 5.74) is 0.381. The average molecular weight is 547 g/mol. The van der Waals surface area contributed by atoms with Gasteiger partial charge in [0.05, 0.1) is 12.0 Å². The van der Waals surface area contributed by atoms with E-state index >= 15 is 0 Å². The van der Waals surface area contributed by atoms with Crippen LogP contribution in [0, 0.1) is 18.2 Å². The number of guanidine groups is 1. The fourth-order valence-corrected chi connectivity index (χ4v) is 3.73. The van der Waals surface area contributed by atoms with Gasteiger partial charge in [-0.1, -0.05) is 18.9 Å². The van der Waals surface area contributed by atoms with Crippen LogP contribution in [-0.2, 0) is 4.79 Å². The summed E-state index contributed by atoms with van der Waals surface area (Å²) in [7, 11) is 3.58. The highest BCUT2D eigenvalue weighted by molar-refractivity contribution is 14.0. The molecule has 0 aliphatic heterocycles. The van der Waals surface area contributed by atoms with Gasteiger partial charge in [0.2, 0.25) is 5.91 Å². The Morgan fingerprint density at radius 1 is 1.13 bits per heavy atom. The van der Waals surface area contributed by atoms with Crippen LogP contribution < -0.4 is 16.0 Å². The van der Waals surface area contributed by atoms with Crippen molar-refractivity contribution in [3.05, 3.63) is 35.1 Å². The first-order chi connectivity index (χ1) is 14.3. The molecule has 1 aliphatic rings. The van der Waals surface area contributed by atoms with Crippen molar-refractivity contribution in [3.63, 3.8) is 0 Å². The van der Waals surface area contributed by atoms with E-state index in [1.54, 1.807) is 38.1 Å². The number of benzene rings is 1. The van der Waals surface area contributed by atoms with Crippen LogP contribution in [0.25, 0.3) is 0 Å². The number of amides is 2. The molecule has 0 aromatic heterocycles. The summed E-state index contributed by atoms with van der Waals surface area (Å²) in [4.78, 5) is 31.2. The maximum atomic E-state index is 13.6. The molecule has 1 fully saturated rings. The van der Waals surface area contributed by atoms with E-state index in [9.17, 15) is 14.0 Å².